The number of carbonyl (C=O) groups excluding carboxylic acids is 4. The molecule has 7 saturated carbocycles. The number of aromatic nitrogens is 10. The predicted octanol–water partition coefficient (Wildman–Crippen LogP) is 14.0. The number of hydrogen-bond acceptors (Lipinski definition) is 23. The molecule has 8 fully saturated rings. The number of fused-ring (bicyclic) bond motifs is 4. The summed E-state index contributed by atoms with van der Waals surface area (Å²) < 4.78 is 127. The molecule has 29 nitrogen and oxygen atoms in total. The van der Waals surface area contributed by atoms with E-state index in [2.05, 4.69) is 42.1 Å². The zero-order valence-electron chi connectivity index (χ0n) is 70.6. The first-order valence-corrected chi connectivity index (χ1v) is 42.8. The Morgan fingerprint density at radius 2 is 0.866 bits per heavy atom. The first-order chi connectivity index (χ1) is 57.1. The molecule has 6 aromatic heterocycles. The van der Waals surface area contributed by atoms with E-state index in [4.69, 9.17) is 67.3 Å². The summed E-state index contributed by atoms with van der Waals surface area (Å²) in [4.78, 5) is 70.8. The Bertz CT molecular complexity index is 4530. The molecule has 4 atom stereocenters. The van der Waals surface area contributed by atoms with Gasteiger partial charge in [0.2, 0.25) is 23.5 Å². The van der Waals surface area contributed by atoms with Gasteiger partial charge in [-0.3, -0.25) is 27.9 Å². The highest BCUT2D eigenvalue weighted by Gasteiger charge is 2.35. The van der Waals surface area contributed by atoms with Crippen LogP contribution in [-0.2, 0) is 71.1 Å². The van der Waals surface area contributed by atoms with Crippen LogP contribution < -0.4 is 48.9 Å². The van der Waals surface area contributed by atoms with Crippen molar-refractivity contribution in [2.45, 2.75) is 288 Å². The standard InChI is InChI=1S/C23H31FN2O4.C22H31N3O4.C21H29FN4O4.C21H28FN3O5/c1-14(10-15(2)27)13-28-16-4-6-18(7-5-16)30-23-25-22-20(24)11-19(29-17-8-9-17)12-21(22)26(23)3;1-14(12-15(2)26)13-27-16-4-6-18(7-5-16)29-22-23-19-10-11-20(28-17-8-9-17)24-21(19)25(22)3;1-12(9-17(23)27)11-28-13-3-5-15(6-4-13)30-21-25-16-10-24-20(29-14-7-8-14)18(22)19(16)26(21)2;1-12(23-13(2)26)4-7-19-27-10-16(11-28-19)30-21-24-20-17(22)8-15(29-14-5-6-14)9-18(20)25(21)3/h11-12,14,16-18H,4-10,13H2,1-3H3;10-11,14,16-18H,4-9,12-13H2,1-3H3;10,12-15H,3-9,11H2,1-2H3,(H2,23,27);8-9,12,14,16,19H,4-7,10-11H2,1-3H3,(H,23,26)/t2*14-,16?,18?;12-,13?,15?;12-,16?,19?/m1110/s1. The third-order valence-corrected chi connectivity index (χ3v) is 22.3. The molecule has 1 saturated heterocycles. The van der Waals surface area contributed by atoms with Gasteiger partial charge in [0.05, 0.1) is 61.0 Å². The molecule has 650 valence electrons. The molecule has 8 aromatic rings. The van der Waals surface area contributed by atoms with Gasteiger partial charge in [0, 0.05) is 117 Å². The second kappa shape index (κ2) is 40.5. The maximum atomic E-state index is 14.8. The Balaban J connectivity index is 0.000000137. The van der Waals surface area contributed by atoms with Crippen LogP contribution in [0, 0.1) is 35.2 Å². The van der Waals surface area contributed by atoms with Gasteiger partial charge in [-0.15, -0.1) is 0 Å². The first-order valence-electron chi connectivity index (χ1n) is 42.8. The second-order valence-electron chi connectivity index (χ2n) is 34.1. The summed E-state index contributed by atoms with van der Waals surface area (Å²) in [5.74, 6) is 1.16. The maximum absolute atomic E-state index is 14.8. The molecule has 2 amide bonds. The minimum absolute atomic E-state index is 0.00149. The van der Waals surface area contributed by atoms with Gasteiger partial charge < -0.3 is 82.2 Å². The second-order valence-corrected chi connectivity index (χ2v) is 34.1. The van der Waals surface area contributed by atoms with Crippen molar-refractivity contribution >= 4 is 67.6 Å². The Labute approximate surface area is 692 Å². The molecule has 3 N–H and O–H groups in total. The van der Waals surface area contributed by atoms with Crippen LogP contribution in [0.25, 0.3) is 44.3 Å². The smallest absolute Gasteiger partial charge is 0.298 e. The van der Waals surface area contributed by atoms with Crippen LogP contribution in [-0.4, -0.2) is 184 Å². The van der Waals surface area contributed by atoms with Crippen LogP contribution in [0.2, 0.25) is 0 Å². The number of halogens is 3. The van der Waals surface area contributed by atoms with E-state index in [9.17, 15) is 32.3 Å². The average Bonchev–Trinajstić information content (AvgIpc) is 1.66. The third kappa shape index (κ3) is 25.5. The lowest BCUT2D eigenvalue weighted by Gasteiger charge is -2.30. The minimum Gasteiger partial charge on any atom is -0.490 e. The number of imidazole rings is 4. The predicted molar refractivity (Wildman–Crippen MR) is 435 cm³/mol. The number of ketones is 2. The number of pyridine rings is 2. The SMILES string of the molecule is CC(=O)C[C@@H](C)COC1CCC(Oc2nc3c(F)cc(OC4CC4)cc3n2C)CC1.CC(=O)C[C@@H](C)COC1CCC(Oc2nc3ccc(OC4CC4)nc3n2C)CC1.CC(=O)N[C@@H](C)CCC1OCC(Oc2nc3c(F)cc(OC4CC4)cc3n2C)CO1.C[C@@H](COC1CCC(Oc2nc3cnc(OC4CC4)c(F)c3n2C)CC1)CC(N)=O. The van der Waals surface area contributed by atoms with Crippen molar-refractivity contribution in [1.29, 1.82) is 0 Å². The Morgan fingerprint density at radius 3 is 1.31 bits per heavy atom. The van der Waals surface area contributed by atoms with Crippen molar-refractivity contribution in [2.24, 2.45) is 51.7 Å². The van der Waals surface area contributed by atoms with Crippen molar-refractivity contribution < 1.29 is 93.9 Å². The number of carbonyl (C=O) groups is 4. The fraction of sp³-hybridized carbons (Fsp3) is 0.655. The summed E-state index contributed by atoms with van der Waals surface area (Å²) in [6, 6.07) is 12.0. The van der Waals surface area contributed by atoms with Gasteiger partial charge >= 0.3 is 0 Å². The number of nitrogens with one attached hydrogen (secondary N) is 1. The molecular formula is C87H119F3N12O17. The number of benzene rings is 2. The highest BCUT2D eigenvalue weighted by atomic mass is 19.1. The summed E-state index contributed by atoms with van der Waals surface area (Å²) in [5, 5.41) is 2.84. The molecule has 0 unspecified atom stereocenters. The average molecular weight is 1660 g/mol. The van der Waals surface area contributed by atoms with Crippen molar-refractivity contribution in [2.75, 3.05) is 33.0 Å². The van der Waals surface area contributed by atoms with E-state index in [-0.39, 0.29) is 132 Å². The molecule has 0 radical (unpaired) electrons. The summed E-state index contributed by atoms with van der Waals surface area (Å²) >= 11 is 0. The van der Waals surface area contributed by atoms with Crippen LogP contribution >= 0.6 is 0 Å². The molecule has 7 heterocycles. The zero-order valence-corrected chi connectivity index (χ0v) is 70.6. The highest BCUT2D eigenvalue weighted by molar-refractivity contribution is 5.81. The van der Waals surface area contributed by atoms with Gasteiger partial charge in [0.15, 0.2) is 23.6 Å². The molecule has 16 rings (SSSR count). The van der Waals surface area contributed by atoms with Gasteiger partial charge in [-0.1, -0.05) is 20.8 Å². The lowest BCUT2D eigenvalue weighted by atomic mass is 9.95. The van der Waals surface area contributed by atoms with Gasteiger partial charge in [-0.05, 0) is 179 Å². The molecule has 0 spiro atoms. The third-order valence-electron chi connectivity index (χ3n) is 22.3. The topological polar surface area (TPSA) is 323 Å². The summed E-state index contributed by atoms with van der Waals surface area (Å²) in [5.41, 5.74) is 9.48. The number of nitrogens with zero attached hydrogens (tertiary/aromatic N) is 10. The van der Waals surface area contributed by atoms with E-state index in [0.29, 0.717) is 134 Å². The Hall–Kier alpha value is -9.11. The number of ether oxygens (including phenoxy) is 13. The van der Waals surface area contributed by atoms with Crippen LogP contribution in [0.4, 0.5) is 13.2 Å². The lowest BCUT2D eigenvalue weighted by Crippen LogP contribution is -2.40. The molecule has 0 bridgehead atoms. The monoisotopic (exact) mass is 1660 g/mol. The fourth-order valence-corrected chi connectivity index (χ4v) is 15.2. The van der Waals surface area contributed by atoms with Crippen molar-refractivity contribution in [3.63, 3.8) is 0 Å². The minimum atomic E-state index is -0.494. The number of hydrogen-bond donors (Lipinski definition) is 2. The van der Waals surface area contributed by atoms with E-state index in [0.717, 1.165) is 146 Å². The number of nitrogens with two attached hydrogens (primary N) is 1. The largest absolute Gasteiger partial charge is 0.490 e. The van der Waals surface area contributed by atoms with E-state index in [1.165, 1.54) is 25.3 Å². The quantitative estimate of drug-likeness (QED) is 0.0373. The number of primary amides is 1. The first kappa shape index (κ1) is 87.7. The highest BCUT2D eigenvalue weighted by Crippen LogP contribution is 2.39. The number of amides is 2. The number of Topliss-reactive ketones (excluding diaryl/α,β-unsaturated/α-hetero) is 2. The van der Waals surface area contributed by atoms with E-state index < -0.39 is 11.6 Å². The van der Waals surface area contributed by atoms with Crippen molar-refractivity contribution in [3.8, 4) is 47.3 Å². The Morgan fingerprint density at radius 1 is 0.471 bits per heavy atom. The summed E-state index contributed by atoms with van der Waals surface area (Å²) in [6.07, 6.45) is 24.4. The molecule has 7 aliphatic carbocycles. The van der Waals surface area contributed by atoms with Gasteiger partial charge in [0.25, 0.3) is 29.9 Å². The summed E-state index contributed by atoms with van der Waals surface area (Å²) in [6.45, 7) is 15.3. The van der Waals surface area contributed by atoms with Gasteiger partial charge in [-0.2, -0.15) is 29.3 Å². The van der Waals surface area contributed by atoms with Crippen LogP contribution in [0.15, 0.2) is 42.6 Å². The molecule has 1 aliphatic heterocycles. The normalized spacial score (nSPS) is 22.8. The molecular weight excluding hydrogens is 1540 g/mol. The van der Waals surface area contributed by atoms with Crippen molar-refractivity contribution in [3.05, 3.63) is 60.0 Å². The van der Waals surface area contributed by atoms with E-state index in [1.807, 2.05) is 57.6 Å². The fourth-order valence-electron chi connectivity index (χ4n) is 15.2. The molecule has 2 aromatic carbocycles. The van der Waals surface area contributed by atoms with Crippen molar-refractivity contribution in [1.82, 2.24) is 53.5 Å². The van der Waals surface area contributed by atoms with Crippen LogP contribution in [0.5, 0.6) is 47.3 Å². The number of aryl methyl sites for hydroxylation is 4. The van der Waals surface area contributed by atoms with Gasteiger partial charge in [-0.25, -0.2) is 13.8 Å². The lowest BCUT2D eigenvalue weighted by molar-refractivity contribution is -0.215. The van der Waals surface area contributed by atoms with E-state index >= 15 is 0 Å². The molecule has 32 heteroatoms. The molecule has 119 heavy (non-hydrogen) atoms. The summed E-state index contributed by atoms with van der Waals surface area (Å²) in [7, 11) is 7.30. The Kier molecular flexibility index (Phi) is 29.9. The zero-order chi connectivity index (χ0) is 84.1. The number of rotatable bonds is 35. The maximum Gasteiger partial charge on any atom is 0.298 e. The van der Waals surface area contributed by atoms with Gasteiger partial charge in [0.1, 0.15) is 87.3 Å². The van der Waals surface area contributed by atoms with E-state index in [1.54, 1.807) is 47.7 Å². The van der Waals surface area contributed by atoms with Crippen LogP contribution in [0.1, 0.15) is 209 Å². The molecule has 8 aliphatic rings. The van der Waals surface area contributed by atoms with Crippen LogP contribution in [0.3, 0.4) is 0 Å².